The number of aromatic nitrogens is 4. The second-order valence-corrected chi connectivity index (χ2v) is 4.82. The predicted molar refractivity (Wildman–Crippen MR) is 77.3 cm³/mol. The minimum atomic E-state index is 0.157. The highest BCUT2D eigenvalue weighted by Gasteiger charge is 2.06. The highest BCUT2D eigenvalue weighted by Crippen LogP contribution is 2.16. The van der Waals surface area contributed by atoms with E-state index in [-0.39, 0.29) is 11.6 Å². The van der Waals surface area contributed by atoms with Crippen molar-refractivity contribution < 1.29 is 14.1 Å². The second kappa shape index (κ2) is 6.06. The summed E-state index contributed by atoms with van der Waals surface area (Å²) < 4.78 is 9.77. The molecule has 0 amide bonds. The smallest absolute Gasteiger partial charge is 0.314 e. The van der Waals surface area contributed by atoms with Gasteiger partial charge in [-0.15, -0.1) is 5.10 Å². The van der Waals surface area contributed by atoms with Gasteiger partial charge in [0, 0.05) is 18.9 Å². The van der Waals surface area contributed by atoms with Gasteiger partial charge < -0.3 is 14.1 Å². The van der Waals surface area contributed by atoms with E-state index in [0.29, 0.717) is 0 Å². The van der Waals surface area contributed by atoms with Gasteiger partial charge >= 0.3 is 4.84 Å². The van der Waals surface area contributed by atoms with E-state index in [9.17, 15) is 0 Å². The van der Waals surface area contributed by atoms with Gasteiger partial charge in [-0.25, -0.2) is 5.16 Å². The Morgan fingerprint density at radius 3 is 3.05 bits per heavy atom. The van der Waals surface area contributed by atoms with Crippen LogP contribution in [0.4, 0.5) is 0 Å². The van der Waals surface area contributed by atoms with E-state index in [2.05, 4.69) is 21.3 Å². The van der Waals surface area contributed by atoms with E-state index in [1.54, 1.807) is 13.3 Å². The molecule has 1 aromatic carbocycles. The molecule has 0 saturated carbocycles. The number of fused-ring (bicyclic) bond motifs is 1. The molecule has 3 aromatic rings. The minimum absolute atomic E-state index is 0.157. The number of nitrogens with one attached hydrogen (secondary N) is 1. The first-order valence-electron chi connectivity index (χ1n) is 6.39. The molecule has 0 saturated heterocycles. The molecular formula is C13H14N4O3S. The highest BCUT2D eigenvalue weighted by molar-refractivity contribution is 7.71. The highest BCUT2D eigenvalue weighted by atomic mass is 32.1. The molecule has 3 rings (SSSR count). The molecule has 2 heterocycles. The minimum Gasteiger partial charge on any atom is -0.367 e. The largest absolute Gasteiger partial charge is 0.367 e. The molecule has 8 heteroatoms. The van der Waals surface area contributed by atoms with Gasteiger partial charge in [-0.3, -0.25) is 0 Å². The van der Waals surface area contributed by atoms with Crippen molar-refractivity contribution in [3.05, 3.63) is 40.6 Å². The summed E-state index contributed by atoms with van der Waals surface area (Å²) in [6.07, 6.45) is 3.33. The maximum atomic E-state index is 5.32. The van der Waals surface area contributed by atoms with Crippen molar-refractivity contribution in [2.75, 3.05) is 13.9 Å². The standard InChI is InChI=1S/C13H14N4O3S/c1-18-8-19-17-11-4-2-9(6-10(11)7-14-17)3-5-12-15-13(21)20-16-12/h2,4,6-7H,3,5,8H2,1H3,(H,15,16,21). The SMILES string of the molecule is COCOn1ncc2cc(CCc3nc(=S)o[nH]3)ccc21. The van der Waals surface area contributed by atoms with Gasteiger partial charge in [-0.2, -0.15) is 4.98 Å². The lowest BCUT2D eigenvalue weighted by molar-refractivity contribution is -0.0464. The van der Waals surface area contributed by atoms with Crippen LogP contribution in [0.2, 0.25) is 0 Å². The topological polar surface area (TPSA) is 78.1 Å². The summed E-state index contributed by atoms with van der Waals surface area (Å²) in [6, 6.07) is 6.08. The summed E-state index contributed by atoms with van der Waals surface area (Å²) in [6.45, 7) is 0.157. The summed E-state index contributed by atoms with van der Waals surface area (Å²) in [7, 11) is 1.57. The van der Waals surface area contributed by atoms with Crippen molar-refractivity contribution in [2.24, 2.45) is 0 Å². The molecule has 0 radical (unpaired) electrons. The molecule has 0 aliphatic rings. The normalized spacial score (nSPS) is 11.1. The molecule has 0 aliphatic heterocycles. The summed E-state index contributed by atoms with van der Waals surface area (Å²) in [5, 5.41) is 7.87. The number of methoxy groups -OCH3 is 1. The molecular weight excluding hydrogens is 292 g/mol. The van der Waals surface area contributed by atoms with Crippen LogP contribution in [-0.2, 0) is 17.6 Å². The number of nitrogens with zero attached hydrogens (tertiary/aromatic N) is 3. The van der Waals surface area contributed by atoms with Crippen LogP contribution in [0.5, 0.6) is 0 Å². The zero-order valence-corrected chi connectivity index (χ0v) is 12.2. The van der Waals surface area contributed by atoms with Gasteiger partial charge in [0.15, 0.2) is 0 Å². The van der Waals surface area contributed by atoms with Crippen LogP contribution in [0.1, 0.15) is 11.4 Å². The van der Waals surface area contributed by atoms with E-state index >= 15 is 0 Å². The summed E-state index contributed by atoms with van der Waals surface area (Å²) in [4.78, 5) is 11.1. The lowest BCUT2D eigenvalue weighted by Crippen LogP contribution is -2.14. The number of benzene rings is 1. The van der Waals surface area contributed by atoms with Gasteiger partial charge in [0.2, 0.25) is 6.79 Å². The van der Waals surface area contributed by atoms with Gasteiger partial charge in [-0.1, -0.05) is 10.9 Å². The molecule has 0 bridgehead atoms. The third-order valence-corrected chi connectivity index (χ3v) is 3.20. The van der Waals surface area contributed by atoms with Crippen LogP contribution >= 0.6 is 12.2 Å². The summed E-state index contributed by atoms with van der Waals surface area (Å²) in [5.41, 5.74) is 2.08. The Bertz CT molecular complexity index is 792. The zero-order chi connectivity index (χ0) is 14.7. The van der Waals surface area contributed by atoms with Crippen molar-refractivity contribution in [3.63, 3.8) is 0 Å². The Hall–Kier alpha value is -2.19. The van der Waals surface area contributed by atoms with Gasteiger partial charge in [0.1, 0.15) is 11.3 Å². The average molecular weight is 306 g/mol. The molecule has 0 aliphatic carbocycles. The molecule has 2 aromatic heterocycles. The fourth-order valence-electron chi connectivity index (χ4n) is 2.05. The number of aryl methyl sites for hydroxylation is 2. The number of hydrogen-bond acceptors (Lipinski definition) is 6. The van der Waals surface area contributed by atoms with Crippen LogP contribution in [0.3, 0.4) is 0 Å². The average Bonchev–Trinajstić information content (AvgIpc) is 3.09. The first kappa shape index (κ1) is 13.8. The first-order chi connectivity index (χ1) is 10.3. The molecule has 110 valence electrons. The van der Waals surface area contributed by atoms with Gasteiger partial charge in [0.05, 0.1) is 6.20 Å². The maximum Gasteiger partial charge on any atom is 0.314 e. The number of aromatic amines is 1. The van der Waals surface area contributed by atoms with Crippen LogP contribution < -0.4 is 4.84 Å². The van der Waals surface area contributed by atoms with Crippen molar-refractivity contribution in [2.45, 2.75) is 12.8 Å². The lowest BCUT2D eigenvalue weighted by atomic mass is 10.1. The van der Waals surface area contributed by atoms with Crippen LogP contribution in [0, 0.1) is 4.84 Å². The number of hydrogen-bond donors (Lipinski definition) is 1. The van der Waals surface area contributed by atoms with Crippen LogP contribution in [-0.4, -0.2) is 34.0 Å². The van der Waals surface area contributed by atoms with Gasteiger partial charge in [-0.05, 0) is 36.3 Å². The van der Waals surface area contributed by atoms with Crippen molar-refractivity contribution in [3.8, 4) is 0 Å². The molecule has 0 atom stereocenters. The Labute approximate surface area is 125 Å². The Balaban J connectivity index is 1.73. The van der Waals surface area contributed by atoms with E-state index in [4.69, 9.17) is 26.3 Å². The second-order valence-electron chi connectivity index (χ2n) is 4.47. The van der Waals surface area contributed by atoms with Gasteiger partial charge in [0.25, 0.3) is 0 Å². The van der Waals surface area contributed by atoms with Crippen molar-refractivity contribution in [1.29, 1.82) is 0 Å². The third-order valence-electron chi connectivity index (χ3n) is 3.03. The summed E-state index contributed by atoms with van der Waals surface area (Å²) in [5.74, 6) is 0.749. The molecule has 7 nitrogen and oxygen atoms in total. The molecule has 0 spiro atoms. The van der Waals surface area contributed by atoms with Crippen LogP contribution in [0.15, 0.2) is 28.9 Å². The van der Waals surface area contributed by atoms with Crippen molar-refractivity contribution >= 4 is 23.1 Å². The monoisotopic (exact) mass is 306 g/mol. The van der Waals surface area contributed by atoms with E-state index in [0.717, 1.165) is 29.6 Å². The quantitative estimate of drug-likeness (QED) is 0.553. The molecule has 0 fully saturated rings. The predicted octanol–water partition coefficient (Wildman–Crippen LogP) is 1.90. The number of H-pyrrole nitrogens is 1. The molecule has 0 unspecified atom stereocenters. The van der Waals surface area contributed by atoms with Crippen molar-refractivity contribution in [1.82, 2.24) is 20.1 Å². The molecule has 1 N–H and O–H groups in total. The number of ether oxygens (including phenoxy) is 1. The fourth-order valence-corrected chi connectivity index (χ4v) is 2.20. The maximum absolute atomic E-state index is 5.32. The lowest BCUT2D eigenvalue weighted by Gasteiger charge is -2.05. The van der Waals surface area contributed by atoms with E-state index < -0.39 is 0 Å². The molecule has 21 heavy (non-hydrogen) atoms. The fraction of sp³-hybridized carbons (Fsp3) is 0.308. The summed E-state index contributed by atoms with van der Waals surface area (Å²) >= 11 is 4.82. The Kier molecular flexibility index (Phi) is 3.98. The zero-order valence-electron chi connectivity index (χ0n) is 11.4. The Morgan fingerprint density at radius 1 is 1.38 bits per heavy atom. The van der Waals surface area contributed by atoms with E-state index in [1.165, 1.54) is 10.4 Å². The number of rotatable bonds is 6. The Morgan fingerprint density at radius 2 is 2.29 bits per heavy atom. The van der Waals surface area contributed by atoms with E-state index in [1.807, 2.05) is 12.1 Å². The van der Waals surface area contributed by atoms with Crippen LogP contribution in [0.25, 0.3) is 10.9 Å². The third kappa shape index (κ3) is 3.11. The first-order valence-corrected chi connectivity index (χ1v) is 6.80.